The molecule has 1 amide bonds. The molecule has 30 heavy (non-hydrogen) atoms. The van der Waals surface area contributed by atoms with E-state index in [2.05, 4.69) is 20.4 Å². The van der Waals surface area contributed by atoms with Crippen LogP contribution in [-0.4, -0.2) is 53.1 Å². The smallest absolute Gasteiger partial charge is 0.228 e. The molecule has 0 bridgehead atoms. The van der Waals surface area contributed by atoms with Crippen LogP contribution in [0, 0.1) is 5.92 Å². The normalized spacial score (nSPS) is 16.8. The maximum atomic E-state index is 11.2. The Morgan fingerprint density at radius 1 is 1.47 bits per heavy atom. The third-order valence-corrected chi connectivity index (χ3v) is 5.02. The lowest BCUT2D eigenvalue weighted by molar-refractivity contribution is -0.119. The van der Waals surface area contributed by atoms with E-state index in [1.54, 1.807) is 12.1 Å². The zero-order chi connectivity index (χ0) is 20.6. The van der Waals surface area contributed by atoms with Crippen LogP contribution in [0.4, 0.5) is 0 Å². The van der Waals surface area contributed by atoms with E-state index < -0.39 is 0 Å². The number of nitrogens with two attached hydrogens (primary N) is 1. The highest BCUT2D eigenvalue weighted by atomic mass is 127. The van der Waals surface area contributed by atoms with Crippen LogP contribution in [0.2, 0.25) is 5.02 Å². The van der Waals surface area contributed by atoms with Gasteiger partial charge < -0.3 is 20.5 Å². The number of guanidine groups is 1. The van der Waals surface area contributed by atoms with Crippen molar-refractivity contribution < 1.29 is 9.32 Å². The number of halogens is 2. The summed E-state index contributed by atoms with van der Waals surface area (Å²) >= 11 is 6.02. The highest BCUT2D eigenvalue weighted by molar-refractivity contribution is 14.0. The lowest BCUT2D eigenvalue weighted by Gasteiger charge is -2.34. The van der Waals surface area contributed by atoms with Crippen molar-refractivity contribution in [1.29, 1.82) is 0 Å². The molecule has 1 aromatic carbocycles. The monoisotopic (exact) mass is 546 g/mol. The summed E-state index contributed by atoms with van der Waals surface area (Å²) in [5, 5.41) is 7.98. The molecule has 1 aromatic heterocycles. The molecule has 1 unspecified atom stereocenters. The van der Waals surface area contributed by atoms with Crippen molar-refractivity contribution >= 4 is 47.4 Å². The molecule has 1 aliphatic heterocycles. The topological polar surface area (TPSA) is 110 Å². The van der Waals surface area contributed by atoms with Gasteiger partial charge >= 0.3 is 0 Å². The van der Waals surface area contributed by atoms with Crippen LogP contribution >= 0.6 is 35.6 Å². The predicted molar refractivity (Wildman–Crippen MR) is 128 cm³/mol. The molecule has 0 spiro atoms. The van der Waals surface area contributed by atoms with Crippen molar-refractivity contribution in [3.05, 3.63) is 35.2 Å². The Morgan fingerprint density at radius 2 is 2.30 bits per heavy atom. The molecule has 2 aromatic rings. The average Bonchev–Trinajstić information content (AvgIpc) is 3.16. The van der Waals surface area contributed by atoms with Crippen LogP contribution in [0.3, 0.4) is 0 Å². The molecule has 10 heteroatoms. The quantitative estimate of drug-likeness (QED) is 0.314. The summed E-state index contributed by atoms with van der Waals surface area (Å²) in [5.41, 5.74) is 6.18. The van der Waals surface area contributed by atoms with Gasteiger partial charge in [-0.25, -0.2) is 0 Å². The molecule has 1 saturated heterocycles. The van der Waals surface area contributed by atoms with Crippen LogP contribution < -0.4 is 11.1 Å². The molecule has 3 N–H and O–H groups in total. The van der Waals surface area contributed by atoms with Crippen molar-refractivity contribution in [2.75, 3.05) is 26.2 Å². The van der Waals surface area contributed by atoms with Crippen LogP contribution in [0.15, 0.2) is 33.8 Å². The molecular weight excluding hydrogens is 519 g/mol. The molecule has 1 aliphatic rings. The van der Waals surface area contributed by atoms with Gasteiger partial charge in [-0.2, -0.15) is 4.98 Å². The van der Waals surface area contributed by atoms with E-state index >= 15 is 0 Å². The van der Waals surface area contributed by atoms with Gasteiger partial charge in [0.1, 0.15) is 0 Å². The standard InChI is InChI=1S/C20H27ClN6O2.HI/c1-2-23-20(27-10-4-5-14(13-27)11-17(22)28)24-9-8-18-25-19(26-29-18)15-6-3-7-16(21)12-15;/h3,6-7,12,14H,2,4-5,8-11,13H2,1H3,(H2,22,28)(H,23,24);1H. The number of carbonyl (C=O) groups is 1. The lowest BCUT2D eigenvalue weighted by Crippen LogP contribution is -2.47. The molecule has 164 valence electrons. The van der Waals surface area contributed by atoms with Gasteiger partial charge in [-0.05, 0) is 37.8 Å². The number of nitrogens with zero attached hydrogens (tertiary/aromatic N) is 4. The summed E-state index contributed by atoms with van der Waals surface area (Å²) in [6.45, 7) is 5.04. The van der Waals surface area contributed by atoms with Gasteiger partial charge in [0, 0.05) is 43.1 Å². The molecule has 3 rings (SSSR count). The Bertz CT molecular complexity index is 859. The number of hydrogen-bond donors (Lipinski definition) is 2. The fourth-order valence-corrected chi connectivity index (χ4v) is 3.68. The molecule has 0 saturated carbocycles. The number of nitrogens with one attached hydrogen (secondary N) is 1. The first-order valence-electron chi connectivity index (χ1n) is 9.95. The zero-order valence-corrected chi connectivity index (χ0v) is 20.1. The number of aliphatic imine (C=N–C) groups is 1. The molecule has 2 heterocycles. The van der Waals surface area contributed by atoms with E-state index in [1.165, 1.54) is 0 Å². The Balaban J connectivity index is 0.00000320. The molecule has 1 fully saturated rings. The van der Waals surface area contributed by atoms with E-state index in [9.17, 15) is 4.79 Å². The van der Waals surface area contributed by atoms with E-state index in [0.717, 1.165) is 44.0 Å². The van der Waals surface area contributed by atoms with Gasteiger partial charge in [-0.3, -0.25) is 9.79 Å². The molecular formula is C20H28ClIN6O2. The summed E-state index contributed by atoms with van der Waals surface area (Å²) in [4.78, 5) is 22.6. The first-order valence-corrected chi connectivity index (χ1v) is 10.3. The minimum atomic E-state index is -0.245. The lowest BCUT2D eigenvalue weighted by atomic mass is 9.95. The third-order valence-electron chi connectivity index (χ3n) is 4.78. The highest BCUT2D eigenvalue weighted by Gasteiger charge is 2.23. The van der Waals surface area contributed by atoms with Gasteiger partial charge in [0.15, 0.2) is 5.96 Å². The van der Waals surface area contributed by atoms with Crippen LogP contribution in [0.5, 0.6) is 0 Å². The Morgan fingerprint density at radius 3 is 3.03 bits per heavy atom. The minimum absolute atomic E-state index is 0. The number of aromatic nitrogens is 2. The highest BCUT2D eigenvalue weighted by Crippen LogP contribution is 2.21. The number of rotatable bonds is 7. The van der Waals surface area contributed by atoms with Crippen molar-refractivity contribution in [3.8, 4) is 11.4 Å². The van der Waals surface area contributed by atoms with Crippen LogP contribution in [0.25, 0.3) is 11.4 Å². The summed E-state index contributed by atoms with van der Waals surface area (Å²) < 4.78 is 5.35. The number of amides is 1. The molecule has 1 atom stereocenters. The average molecular weight is 547 g/mol. The maximum absolute atomic E-state index is 11.2. The molecule has 8 nitrogen and oxygen atoms in total. The SMILES string of the molecule is CCNC(=NCCc1nc(-c2cccc(Cl)c2)no1)N1CCCC(CC(N)=O)C1.I. The van der Waals surface area contributed by atoms with E-state index in [-0.39, 0.29) is 35.8 Å². The summed E-state index contributed by atoms with van der Waals surface area (Å²) in [7, 11) is 0. The molecule has 0 aliphatic carbocycles. The van der Waals surface area contributed by atoms with E-state index in [0.29, 0.717) is 36.1 Å². The summed E-state index contributed by atoms with van der Waals surface area (Å²) in [6.07, 6.45) is 3.01. The summed E-state index contributed by atoms with van der Waals surface area (Å²) in [6, 6.07) is 7.35. The molecule has 0 radical (unpaired) electrons. The number of benzene rings is 1. The second kappa shape index (κ2) is 12.1. The first kappa shape index (κ1) is 24.4. The van der Waals surface area contributed by atoms with Crippen LogP contribution in [-0.2, 0) is 11.2 Å². The van der Waals surface area contributed by atoms with E-state index in [4.69, 9.17) is 26.9 Å². The van der Waals surface area contributed by atoms with Crippen molar-refractivity contribution in [2.24, 2.45) is 16.6 Å². The second-order valence-electron chi connectivity index (χ2n) is 7.13. The fraction of sp³-hybridized carbons (Fsp3) is 0.500. The third kappa shape index (κ3) is 7.12. The summed E-state index contributed by atoms with van der Waals surface area (Å²) in [5.74, 6) is 1.93. The minimum Gasteiger partial charge on any atom is -0.370 e. The van der Waals surface area contributed by atoms with Gasteiger partial charge in [0.25, 0.3) is 0 Å². The Kier molecular flexibility index (Phi) is 9.83. The second-order valence-corrected chi connectivity index (χ2v) is 7.57. The van der Waals surface area contributed by atoms with Crippen LogP contribution in [0.1, 0.15) is 32.1 Å². The number of hydrogen-bond acceptors (Lipinski definition) is 5. The van der Waals surface area contributed by atoms with Gasteiger partial charge in [-0.15, -0.1) is 24.0 Å². The first-order chi connectivity index (χ1) is 14.0. The van der Waals surface area contributed by atoms with E-state index in [1.807, 2.05) is 19.1 Å². The number of likely N-dealkylation sites (tertiary alicyclic amines) is 1. The predicted octanol–water partition coefficient (Wildman–Crippen LogP) is 3.10. The van der Waals surface area contributed by atoms with Gasteiger partial charge in [0.2, 0.25) is 17.6 Å². The maximum Gasteiger partial charge on any atom is 0.228 e. The van der Waals surface area contributed by atoms with Crippen molar-refractivity contribution in [2.45, 2.75) is 32.6 Å². The van der Waals surface area contributed by atoms with Gasteiger partial charge in [0.05, 0.1) is 6.54 Å². The van der Waals surface area contributed by atoms with Crippen molar-refractivity contribution in [1.82, 2.24) is 20.4 Å². The number of primary amides is 1. The zero-order valence-electron chi connectivity index (χ0n) is 17.0. The largest absolute Gasteiger partial charge is 0.370 e. The van der Waals surface area contributed by atoms with Gasteiger partial charge in [-0.1, -0.05) is 28.9 Å². The Hall–Kier alpha value is -1.88. The number of piperidine rings is 1. The Labute approximate surface area is 198 Å². The number of carbonyl (C=O) groups excluding carboxylic acids is 1. The van der Waals surface area contributed by atoms with Crippen molar-refractivity contribution in [3.63, 3.8) is 0 Å². The fourth-order valence-electron chi connectivity index (χ4n) is 3.49.